The smallest absolute Gasteiger partial charge is 0.263 e. The Hall–Kier alpha value is -2.19. The number of thiophene rings is 2. The van der Waals surface area contributed by atoms with Crippen molar-refractivity contribution in [3.63, 3.8) is 0 Å². The summed E-state index contributed by atoms with van der Waals surface area (Å²) in [4.78, 5) is 41.3. The maximum Gasteiger partial charge on any atom is 0.263 e. The van der Waals surface area contributed by atoms with Crippen LogP contribution in [0.25, 0.3) is 0 Å². The fourth-order valence-corrected chi connectivity index (χ4v) is 4.76. The van der Waals surface area contributed by atoms with Crippen LogP contribution >= 0.6 is 22.7 Å². The van der Waals surface area contributed by atoms with Crippen LogP contribution in [0.1, 0.15) is 52.5 Å². The first-order chi connectivity index (χ1) is 14.0. The first-order valence-electron chi connectivity index (χ1n) is 9.97. The number of hydrogen-bond donors (Lipinski definition) is 2. The summed E-state index contributed by atoms with van der Waals surface area (Å²) in [6.07, 6.45) is 2.19. The molecule has 0 spiro atoms. The summed E-state index contributed by atoms with van der Waals surface area (Å²) in [5.74, 6) is -0.328. The summed E-state index contributed by atoms with van der Waals surface area (Å²) in [6, 6.07) is 6.73. The number of nitrogens with one attached hydrogen (secondary N) is 2. The lowest BCUT2D eigenvalue weighted by atomic mass is 9.88. The van der Waals surface area contributed by atoms with E-state index in [1.165, 1.54) is 22.7 Å². The molecule has 0 radical (unpaired) electrons. The van der Waals surface area contributed by atoms with E-state index in [0.717, 1.165) is 11.3 Å². The number of carbonyl (C=O) groups excluding carboxylic acids is 3. The second kappa shape index (κ2) is 10.0. The van der Waals surface area contributed by atoms with Crippen molar-refractivity contribution in [2.45, 2.75) is 45.2 Å². The topological polar surface area (TPSA) is 78.5 Å². The van der Waals surface area contributed by atoms with Crippen LogP contribution < -0.4 is 10.6 Å². The van der Waals surface area contributed by atoms with Gasteiger partial charge in [0.1, 0.15) is 6.04 Å². The molecule has 1 aliphatic rings. The highest BCUT2D eigenvalue weighted by Crippen LogP contribution is 2.24. The van der Waals surface area contributed by atoms with Gasteiger partial charge in [-0.05, 0) is 55.0 Å². The van der Waals surface area contributed by atoms with E-state index < -0.39 is 6.04 Å². The van der Waals surface area contributed by atoms with Gasteiger partial charge in [0, 0.05) is 19.1 Å². The van der Waals surface area contributed by atoms with Crippen molar-refractivity contribution in [3.8, 4) is 0 Å². The second-order valence-electron chi connectivity index (χ2n) is 7.35. The van der Waals surface area contributed by atoms with E-state index in [4.69, 9.17) is 0 Å². The molecule has 2 N–H and O–H groups in total. The largest absolute Gasteiger partial charge is 0.352 e. The molecule has 2 aromatic rings. The van der Waals surface area contributed by atoms with Gasteiger partial charge >= 0.3 is 0 Å². The Labute approximate surface area is 179 Å². The number of likely N-dealkylation sites (tertiary alicyclic amines) is 1. The van der Waals surface area contributed by atoms with Crippen LogP contribution in [-0.4, -0.2) is 47.8 Å². The highest BCUT2D eigenvalue weighted by atomic mass is 32.1. The molecule has 2 aromatic heterocycles. The molecule has 1 saturated heterocycles. The Kier molecular flexibility index (Phi) is 7.44. The zero-order valence-corrected chi connectivity index (χ0v) is 18.4. The number of nitrogens with zero attached hydrogens (tertiary/aromatic N) is 1. The normalized spacial score (nSPS) is 16.8. The van der Waals surface area contributed by atoms with E-state index in [1.807, 2.05) is 47.7 Å². The van der Waals surface area contributed by atoms with Gasteiger partial charge in [-0.15, -0.1) is 22.7 Å². The predicted octanol–water partition coefficient (Wildman–Crippen LogP) is 3.38. The molecule has 3 amide bonds. The van der Waals surface area contributed by atoms with Gasteiger partial charge in [-0.2, -0.15) is 0 Å². The number of piperidine rings is 1. The minimum atomic E-state index is -0.599. The monoisotopic (exact) mass is 433 g/mol. The zero-order chi connectivity index (χ0) is 20.8. The summed E-state index contributed by atoms with van der Waals surface area (Å²) in [6.45, 7) is 5.14. The van der Waals surface area contributed by atoms with Crippen molar-refractivity contribution in [1.82, 2.24) is 15.5 Å². The SMILES string of the molecule is CC[C@H](C)NC(=O)[C@@H](NC(=O)c1cccs1)C1CCN(C(=O)c2cccs2)CC1. The molecule has 0 aromatic carbocycles. The van der Waals surface area contributed by atoms with Crippen molar-refractivity contribution in [1.29, 1.82) is 0 Å². The van der Waals surface area contributed by atoms with Gasteiger partial charge in [0.15, 0.2) is 0 Å². The molecule has 0 bridgehead atoms. The third kappa shape index (κ3) is 5.45. The van der Waals surface area contributed by atoms with Gasteiger partial charge in [-0.3, -0.25) is 14.4 Å². The number of rotatable bonds is 7. The van der Waals surface area contributed by atoms with Crippen LogP contribution in [0.3, 0.4) is 0 Å². The quantitative estimate of drug-likeness (QED) is 0.703. The minimum Gasteiger partial charge on any atom is -0.352 e. The molecular weight excluding hydrogens is 406 g/mol. The average Bonchev–Trinajstić information content (AvgIpc) is 3.45. The lowest BCUT2D eigenvalue weighted by Crippen LogP contribution is -2.55. The summed E-state index contributed by atoms with van der Waals surface area (Å²) in [7, 11) is 0. The number of amides is 3. The lowest BCUT2D eigenvalue weighted by Gasteiger charge is -2.36. The van der Waals surface area contributed by atoms with E-state index in [0.29, 0.717) is 30.8 Å². The van der Waals surface area contributed by atoms with Crippen LogP contribution in [-0.2, 0) is 4.79 Å². The van der Waals surface area contributed by atoms with E-state index >= 15 is 0 Å². The van der Waals surface area contributed by atoms with Crippen molar-refractivity contribution in [3.05, 3.63) is 44.8 Å². The standard InChI is InChI=1S/C21H27N3O3S2/c1-3-14(2)22-20(26)18(23-19(25)16-6-4-12-28-16)15-8-10-24(11-9-15)21(27)17-7-5-13-29-17/h4-7,12-15,18H,3,8-11H2,1-2H3,(H,22,26)(H,23,25)/t14-,18-/m0/s1. The van der Waals surface area contributed by atoms with Crippen LogP contribution in [0.5, 0.6) is 0 Å². The molecule has 1 aliphatic heterocycles. The molecule has 3 rings (SSSR count). The maximum atomic E-state index is 12.9. The molecule has 0 unspecified atom stereocenters. The Morgan fingerprint density at radius 3 is 2.24 bits per heavy atom. The minimum absolute atomic E-state index is 0.00430. The van der Waals surface area contributed by atoms with E-state index in [9.17, 15) is 14.4 Å². The van der Waals surface area contributed by atoms with Crippen LogP contribution in [0, 0.1) is 5.92 Å². The Balaban J connectivity index is 1.66. The molecule has 3 heterocycles. The van der Waals surface area contributed by atoms with Gasteiger partial charge in [0.05, 0.1) is 9.75 Å². The van der Waals surface area contributed by atoms with Gasteiger partial charge < -0.3 is 15.5 Å². The van der Waals surface area contributed by atoms with Crippen molar-refractivity contribution in [2.24, 2.45) is 5.92 Å². The summed E-state index contributed by atoms with van der Waals surface area (Å²) in [5, 5.41) is 9.70. The van der Waals surface area contributed by atoms with E-state index in [-0.39, 0.29) is 29.7 Å². The first kappa shape index (κ1) is 21.5. The Morgan fingerprint density at radius 1 is 1.07 bits per heavy atom. The molecule has 29 heavy (non-hydrogen) atoms. The third-order valence-electron chi connectivity index (χ3n) is 5.35. The van der Waals surface area contributed by atoms with Crippen LogP contribution in [0.4, 0.5) is 0 Å². The summed E-state index contributed by atoms with van der Waals surface area (Å²) < 4.78 is 0. The maximum absolute atomic E-state index is 12.9. The molecule has 8 heteroatoms. The van der Waals surface area contributed by atoms with Crippen molar-refractivity contribution >= 4 is 40.4 Å². The molecule has 0 saturated carbocycles. The van der Waals surface area contributed by atoms with Gasteiger partial charge in [-0.25, -0.2) is 0 Å². The van der Waals surface area contributed by atoms with Crippen molar-refractivity contribution < 1.29 is 14.4 Å². The summed E-state index contributed by atoms with van der Waals surface area (Å²) in [5.41, 5.74) is 0. The van der Waals surface area contributed by atoms with Gasteiger partial charge in [0.25, 0.3) is 11.8 Å². The Morgan fingerprint density at radius 2 is 1.69 bits per heavy atom. The van der Waals surface area contributed by atoms with Crippen LogP contribution in [0.2, 0.25) is 0 Å². The van der Waals surface area contributed by atoms with E-state index in [1.54, 1.807) is 6.07 Å². The highest BCUT2D eigenvalue weighted by molar-refractivity contribution is 7.12. The Bertz CT molecular complexity index is 812. The first-order valence-corrected chi connectivity index (χ1v) is 11.7. The lowest BCUT2D eigenvalue weighted by molar-refractivity contribution is -0.125. The third-order valence-corrected chi connectivity index (χ3v) is 7.07. The number of hydrogen-bond acceptors (Lipinski definition) is 5. The van der Waals surface area contributed by atoms with Crippen LogP contribution in [0.15, 0.2) is 35.0 Å². The van der Waals surface area contributed by atoms with Gasteiger partial charge in [-0.1, -0.05) is 19.1 Å². The molecule has 156 valence electrons. The summed E-state index contributed by atoms with van der Waals surface area (Å²) >= 11 is 2.80. The predicted molar refractivity (Wildman–Crippen MR) is 116 cm³/mol. The fourth-order valence-electron chi connectivity index (χ4n) is 3.44. The zero-order valence-electron chi connectivity index (χ0n) is 16.7. The van der Waals surface area contributed by atoms with Crippen molar-refractivity contribution in [2.75, 3.05) is 13.1 Å². The van der Waals surface area contributed by atoms with E-state index in [2.05, 4.69) is 10.6 Å². The molecule has 2 atom stereocenters. The fraction of sp³-hybridized carbons (Fsp3) is 0.476. The second-order valence-corrected chi connectivity index (χ2v) is 9.25. The van der Waals surface area contributed by atoms with Gasteiger partial charge in [0.2, 0.25) is 5.91 Å². The molecule has 0 aliphatic carbocycles. The number of carbonyl (C=O) groups is 3. The highest BCUT2D eigenvalue weighted by Gasteiger charge is 2.34. The molecule has 6 nitrogen and oxygen atoms in total. The average molecular weight is 434 g/mol. The molecule has 1 fully saturated rings. The molecular formula is C21H27N3O3S2.